The van der Waals surface area contributed by atoms with Gasteiger partial charge in [0.1, 0.15) is 11.6 Å². The normalized spacial score (nSPS) is 35.4. The molecule has 0 amide bonds. The van der Waals surface area contributed by atoms with E-state index >= 15 is 0 Å². The number of Topliss-reactive ketones (excluding diaryl/α,β-unsaturated/α-hetero) is 2. The van der Waals surface area contributed by atoms with E-state index in [1.54, 1.807) is 0 Å². The Bertz CT molecular complexity index is 208. The zero-order valence-electron chi connectivity index (χ0n) is 7.92. The van der Waals surface area contributed by atoms with Crippen LogP contribution >= 0.6 is 0 Å². The summed E-state index contributed by atoms with van der Waals surface area (Å²) in [6.07, 6.45) is 6.08. The maximum Gasteiger partial charge on any atom is 0.136 e. The van der Waals surface area contributed by atoms with Crippen LogP contribution in [-0.2, 0) is 9.59 Å². The fourth-order valence-corrected chi connectivity index (χ4v) is 2.62. The van der Waals surface area contributed by atoms with E-state index < -0.39 is 0 Å². The van der Waals surface area contributed by atoms with Crippen molar-refractivity contribution in [3.8, 4) is 0 Å². The minimum Gasteiger partial charge on any atom is -0.299 e. The molecule has 2 fully saturated rings. The van der Waals surface area contributed by atoms with Crippen molar-refractivity contribution in [2.45, 2.75) is 44.9 Å². The lowest BCUT2D eigenvalue weighted by atomic mass is 9.91. The van der Waals surface area contributed by atoms with Gasteiger partial charge in [0.05, 0.1) is 0 Å². The summed E-state index contributed by atoms with van der Waals surface area (Å²) in [4.78, 5) is 23.1. The first-order chi connectivity index (χ1) is 6.27. The first-order valence-corrected chi connectivity index (χ1v) is 5.33. The topological polar surface area (TPSA) is 34.1 Å². The fourth-order valence-electron chi connectivity index (χ4n) is 2.62. The van der Waals surface area contributed by atoms with Gasteiger partial charge in [-0.05, 0) is 32.1 Å². The third-order valence-electron chi connectivity index (χ3n) is 3.43. The van der Waals surface area contributed by atoms with Crippen molar-refractivity contribution in [1.82, 2.24) is 0 Å². The predicted molar refractivity (Wildman–Crippen MR) is 49.3 cm³/mol. The lowest BCUT2D eigenvalue weighted by Gasteiger charge is -2.12. The first kappa shape index (κ1) is 8.92. The van der Waals surface area contributed by atoms with Gasteiger partial charge in [0, 0.05) is 24.7 Å². The molecule has 2 heteroatoms. The van der Waals surface area contributed by atoms with Crippen molar-refractivity contribution in [2.24, 2.45) is 11.8 Å². The van der Waals surface area contributed by atoms with E-state index in [0.29, 0.717) is 24.4 Å². The van der Waals surface area contributed by atoms with Crippen molar-refractivity contribution in [1.29, 1.82) is 0 Å². The Balaban J connectivity index is 2.16. The monoisotopic (exact) mass is 180 g/mol. The van der Waals surface area contributed by atoms with E-state index in [-0.39, 0.29) is 11.8 Å². The van der Waals surface area contributed by atoms with Crippen LogP contribution in [0.15, 0.2) is 0 Å². The smallest absolute Gasteiger partial charge is 0.136 e. The number of carbonyl (C=O) groups is 2. The van der Waals surface area contributed by atoms with Crippen LogP contribution in [0.1, 0.15) is 44.9 Å². The molecule has 0 N–H and O–H groups in total. The van der Waals surface area contributed by atoms with Crippen LogP contribution < -0.4 is 0 Å². The van der Waals surface area contributed by atoms with Crippen molar-refractivity contribution < 1.29 is 9.59 Å². The molecule has 0 radical (unpaired) electrons. The molecule has 2 aliphatic carbocycles. The summed E-state index contributed by atoms with van der Waals surface area (Å²) in [5, 5.41) is 0. The standard InChI is InChI=1S/C11H16O2/c12-10-5-1-3-8-7-9(10)4-2-6-11(8)13/h8-9H,1-7H2/t8-,9-/m1/s1. The maximum absolute atomic E-state index is 11.6. The molecule has 13 heavy (non-hydrogen) atoms. The zero-order valence-corrected chi connectivity index (χ0v) is 7.92. The van der Waals surface area contributed by atoms with Crippen LogP contribution in [0, 0.1) is 11.8 Å². The Morgan fingerprint density at radius 3 is 1.77 bits per heavy atom. The number of hydrogen-bond donors (Lipinski definition) is 0. The number of ketones is 2. The van der Waals surface area contributed by atoms with Gasteiger partial charge >= 0.3 is 0 Å². The van der Waals surface area contributed by atoms with E-state index in [1.165, 1.54) is 0 Å². The molecule has 2 rings (SSSR count). The molecule has 0 unspecified atom stereocenters. The Kier molecular flexibility index (Phi) is 2.47. The molecule has 2 saturated carbocycles. The molecule has 0 spiro atoms. The van der Waals surface area contributed by atoms with Gasteiger partial charge in [-0.2, -0.15) is 0 Å². The fraction of sp³-hybridized carbons (Fsp3) is 0.818. The van der Waals surface area contributed by atoms with E-state index in [4.69, 9.17) is 0 Å². The molecule has 72 valence electrons. The Morgan fingerprint density at radius 2 is 1.31 bits per heavy atom. The second kappa shape index (κ2) is 3.60. The molecule has 2 aliphatic rings. The second-order valence-electron chi connectivity index (χ2n) is 4.35. The summed E-state index contributed by atoms with van der Waals surface area (Å²) in [5.74, 6) is 1.27. The number of fused-ring (bicyclic) bond motifs is 2. The van der Waals surface area contributed by atoms with Crippen LogP contribution in [0.4, 0.5) is 0 Å². The Labute approximate surface area is 78.7 Å². The maximum atomic E-state index is 11.6. The van der Waals surface area contributed by atoms with Crippen molar-refractivity contribution in [2.75, 3.05) is 0 Å². The summed E-state index contributed by atoms with van der Waals surface area (Å²) in [5.41, 5.74) is 0. The first-order valence-electron chi connectivity index (χ1n) is 5.33. The molecule has 2 atom stereocenters. The molecule has 0 aromatic carbocycles. The highest BCUT2D eigenvalue weighted by Gasteiger charge is 2.32. The summed E-state index contributed by atoms with van der Waals surface area (Å²) < 4.78 is 0. The third kappa shape index (κ3) is 1.82. The van der Waals surface area contributed by atoms with Gasteiger partial charge in [-0.3, -0.25) is 9.59 Å². The highest BCUT2D eigenvalue weighted by molar-refractivity contribution is 5.86. The van der Waals surface area contributed by atoms with Crippen LogP contribution in [0.25, 0.3) is 0 Å². The summed E-state index contributed by atoms with van der Waals surface area (Å²) >= 11 is 0. The van der Waals surface area contributed by atoms with Crippen molar-refractivity contribution >= 4 is 11.6 Å². The van der Waals surface area contributed by atoms with E-state index in [0.717, 1.165) is 32.1 Å². The van der Waals surface area contributed by atoms with Crippen molar-refractivity contribution in [3.05, 3.63) is 0 Å². The molecule has 0 aromatic heterocycles. The van der Waals surface area contributed by atoms with Gasteiger partial charge in [-0.1, -0.05) is 0 Å². The number of rotatable bonds is 0. The average Bonchev–Trinajstić information content (AvgIpc) is 2.38. The molecule has 2 nitrogen and oxygen atoms in total. The zero-order chi connectivity index (χ0) is 9.26. The molecule has 0 aliphatic heterocycles. The largest absolute Gasteiger partial charge is 0.299 e. The van der Waals surface area contributed by atoms with Crippen LogP contribution in [0.3, 0.4) is 0 Å². The Morgan fingerprint density at radius 1 is 0.846 bits per heavy atom. The third-order valence-corrected chi connectivity index (χ3v) is 3.43. The lowest BCUT2D eigenvalue weighted by molar-refractivity contribution is -0.123. The minimum atomic E-state index is 0.221. The summed E-state index contributed by atoms with van der Waals surface area (Å²) in [7, 11) is 0. The summed E-state index contributed by atoms with van der Waals surface area (Å²) in [6.45, 7) is 0. The van der Waals surface area contributed by atoms with Crippen LogP contribution in [-0.4, -0.2) is 11.6 Å². The Hall–Kier alpha value is -0.660. The molecule has 2 bridgehead atoms. The van der Waals surface area contributed by atoms with Crippen LogP contribution in [0.5, 0.6) is 0 Å². The highest BCUT2D eigenvalue weighted by Crippen LogP contribution is 2.33. The molecular formula is C11H16O2. The summed E-state index contributed by atoms with van der Waals surface area (Å²) in [6, 6.07) is 0. The molecule has 0 saturated heterocycles. The minimum absolute atomic E-state index is 0.221. The van der Waals surface area contributed by atoms with E-state index in [2.05, 4.69) is 0 Å². The lowest BCUT2D eigenvalue weighted by Crippen LogP contribution is -2.15. The molecular weight excluding hydrogens is 164 g/mol. The quantitative estimate of drug-likeness (QED) is 0.572. The van der Waals surface area contributed by atoms with E-state index in [9.17, 15) is 9.59 Å². The van der Waals surface area contributed by atoms with E-state index in [1.807, 2.05) is 0 Å². The molecule has 0 aromatic rings. The average molecular weight is 180 g/mol. The number of carbonyl (C=O) groups excluding carboxylic acids is 2. The van der Waals surface area contributed by atoms with Gasteiger partial charge < -0.3 is 0 Å². The SMILES string of the molecule is O=C1CCC[C@@H]2C[C@H]1CCCC2=O. The highest BCUT2D eigenvalue weighted by atomic mass is 16.1. The van der Waals surface area contributed by atoms with Gasteiger partial charge in [-0.15, -0.1) is 0 Å². The second-order valence-corrected chi connectivity index (χ2v) is 4.35. The van der Waals surface area contributed by atoms with Gasteiger partial charge in [0.15, 0.2) is 0 Å². The van der Waals surface area contributed by atoms with Crippen LogP contribution in [0.2, 0.25) is 0 Å². The number of hydrogen-bond acceptors (Lipinski definition) is 2. The van der Waals surface area contributed by atoms with Gasteiger partial charge in [-0.25, -0.2) is 0 Å². The predicted octanol–water partition coefficient (Wildman–Crippen LogP) is 2.11. The van der Waals surface area contributed by atoms with Gasteiger partial charge in [0.25, 0.3) is 0 Å². The molecule has 0 heterocycles. The van der Waals surface area contributed by atoms with Gasteiger partial charge in [0.2, 0.25) is 0 Å². The van der Waals surface area contributed by atoms with Crippen molar-refractivity contribution in [3.63, 3.8) is 0 Å².